The molecular weight excluding hydrogens is 234 g/mol. The van der Waals surface area contributed by atoms with Crippen molar-refractivity contribution in [3.05, 3.63) is 29.8 Å². The SMILES string of the molecule is CCCc1ccc(NC(=O)CSC(=N)N)cc1. The molecule has 1 rings (SSSR count). The predicted molar refractivity (Wildman–Crippen MR) is 73.4 cm³/mol. The summed E-state index contributed by atoms with van der Waals surface area (Å²) in [4.78, 5) is 11.4. The van der Waals surface area contributed by atoms with E-state index in [-0.39, 0.29) is 16.8 Å². The number of carbonyl (C=O) groups is 1. The highest BCUT2D eigenvalue weighted by Gasteiger charge is 2.03. The number of aryl methyl sites for hydroxylation is 1. The van der Waals surface area contributed by atoms with Crippen LogP contribution in [0.15, 0.2) is 24.3 Å². The lowest BCUT2D eigenvalue weighted by Gasteiger charge is -2.05. The maximum absolute atomic E-state index is 11.4. The van der Waals surface area contributed by atoms with Crippen LogP contribution < -0.4 is 11.1 Å². The van der Waals surface area contributed by atoms with Crippen molar-refractivity contribution in [1.82, 2.24) is 0 Å². The van der Waals surface area contributed by atoms with Crippen LogP contribution in [0.3, 0.4) is 0 Å². The Labute approximate surface area is 105 Å². The summed E-state index contributed by atoms with van der Waals surface area (Å²) in [5.41, 5.74) is 7.20. The normalized spacial score (nSPS) is 9.94. The maximum atomic E-state index is 11.4. The summed E-state index contributed by atoms with van der Waals surface area (Å²) in [7, 11) is 0. The Morgan fingerprint density at radius 1 is 1.41 bits per heavy atom. The van der Waals surface area contributed by atoms with Crippen LogP contribution in [0.5, 0.6) is 0 Å². The van der Waals surface area contributed by atoms with E-state index in [0.29, 0.717) is 0 Å². The summed E-state index contributed by atoms with van der Waals surface area (Å²) in [6.45, 7) is 2.13. The molecule has 0 fully saturated rings. The lowest BCUT2D eigenvalue weighted by Crippen LogP contribution is -2.17. The highest BCUT2D eigenvalue weighted by molar-refractivity contribution is 8.14. The van der Waals surface area contributed by atoms with E-state index in [4.69, 9.17) is 11.1 Å². The van der Waals surface area contributed by atoms with Crippen molar-refractivity contribution in [1.29, 1.82) is 5.41 Å². The summed E-state index contributed by atoms with van der Waals surface area (Å²) in [6.07, 6.45) is 2.16. The number of benzene rings is 1. The molecule has 0 aromatic heterocycles. The minimum Gasteiger partial charge on any atom is -0.379 e. The van der Waals surface area contributed by atoms with E-state index in [1.807, 2.05) is 24.3 Å². The topological polar surface area (TPSA) is 79.0 Å². The Balaban J connectivity index is 2.45. The molecule has 0 saturated carbocycles. The van der Waals surface area contributed by atoms with E-state index in [1.165, 1.54) is 5.56 Å². The molecule has 5 heteroatoms. The molecule has 0 aliphatic heterocycles. The molecule has 0 unspecified atom stereocenters. The number of thioether (sulfide) groups is 1. The fourth-order valence-electron chi connectivity index (χ4n) is 1.38. The molecule has 1 amide bonds. The van der Waals surface area contributed by atoms with Crippen LogP contribution in [0.2, 0.25) is 0 Å². The molecule has 4 N–H and O–H groups in total. The first-order chi connectivity index (χ1) is 8.11. The lowest BCUT2D eigenvalue weighted by molar-refractivity contribution is -0.113. The largest absolute Gasteiger partial charge is 0.379 e. The molecule has 0 aliphatic rings. The quantitative estimate of drug-likeness (QED) is 0.554. The van der Waals surface area contributed by atoms with Gasteiger partial charge in [0.25, 0.3) is 0 Å². The van der Waals surface area contributed by atoms with Gasteiger partial charge in [-0.3, -0.25) is 10.2 Å². The zero-order chi connectivity index (χ0) is 12.7. The number of carbonyl (C=O) groups excluding carboxylic acids is 1. The second kappa shape index (κ2) is 6.96. The van der Waals surface area contributed by atoms with Gasteiger partial charge in [-0.25, -0.2) is 0 Å². The Morgan fingerprint density at radius 2 is 2.06 bits per heavy atom. The van der Waals surface area contributed by atoms with Crippen LogP contribution in [-0.4, -0.2) is 16.8 Å². The van der Waals surface area contributed by atoms with Gasteiger partial charge < -0.3 is 11.1 Å². The number of amidine groups is 1. The maximum Gasteiger partial charge on any atom is 0.234 e. The van der Waals surface area contributed by atoms with Gasteiger partial charge in [-0.15, -0.1) is 0 Å². The smallest absolute Gasteiger partial charge is 0.234 e. The first kappa shape index (κ1) is 13.6. The molecule has 0 bridgehead atoms. The Kier molecular flexibility index (Phi) is 5.56. The molecule has 4 nitrogen and oxygen atoms in total. The van der Waals surface area contributed by atoms with Gasteiger partial charge >= 0.3 is 0 Å². The van der Waals surface area contributed by atoms with Gasteiger partial charge in [-0.1, -0.05) is 37.2 Å². The van der Waals surface area contributed by atoms with Gasteiger partial charge in [-0.05, 0) is 24.1 Å². The molecular formula is C12H17N3OS. The van der Waals surface area contributed by atoms with E-state index in [0.717, 1.165) is 30.3 Å². The fourth-order valence-corrected chi connectivity index (χ4v) is 1.74. The number of amides is 1. The van der Waals surface area contributed by atoms with Crippen molar-refractivity contribution in [3.63, 3.8) is 0 Å². The van der Waals surface area contributed by atoms with E-state index in [1.54, 1.807) is 0 Å². The highest BCUT2D eigenvalue weighted by Crippen LogP contribution is 2.11. The second-order valence-electron chi connectivity index (χ2n) is 3.65. The standard InChI is InChI=1S/C12H17N3OS/c1-2-3-9-4-6-10(7-5-9)15-11(16)8-17-12(13)14/h4-7H,2-3,8H2,1H3,(H3,13,14)(H,15,16). The molecule has 0 aliphatic carbocycles. The van der Waals surface area contributed by atoms with Gasteiger partial charge in [0, 0.05) is 5.69 Å². The second-order valence-corrected chi connectivity index (χ2v) is 4.67. The first-order valence-corrected chi connectivity index (χ1v) is 6.46. The fraction of sp³-hybridized carbons (Fsp3) is 0.333. The molecule has 1 aromatic rings. The van der Waals surface area contributed by atoms with Crippen LogP contribution in [-0.2, 0) is 11.2 Å². The third-order valence-electron chi connectivity index (χ3n) is 2.14. The number of nitrogens with one attached hydrogen (secondary N) is 2. The average molecular weight is 251 g/mol. The minimum absolute atomic E-state index is 0.0431. The zero-order valence-corrected chi connectivity index (χ0v) is 10.6. The van der Waals surface area contributed by atoms with Gasteiger partial charge in [0.15, 0.2) is 5.17 Å². The van der Waals surface area contributed by atoms with Crippen molar-refractivity contribution in [3.8, 4) is 0 Å². The molecule has 17 heavy (non-hydrogen) atoms. The highest BCUT2D eigenvalue weighted by atomic mass is 32.2. The van der Waals surface area contributed by atoms with Crippen molar-refractivity contribution in [2.75, 3.05) is 11.1 Å². The Morgan fingerprint density at radius 3 is 2.59 bits per heavy atom. The van der Waals surface area contributed by atoms with Crippen LogP contribution in [0.25, 0.3) is 0 Å². The summed E-state index contributed by atoms with van der Waals surface area (Å²) in [5, 5.41) is 9.71. The molecule has 0 atom stereocenters. The Bertz CT molecular complexity index is 389. The van der Waals surface area contributed by atoms with Crippen molar-refractivity contribution >= 4 is 28.5 Å². The van der Waals surface area contributed by atoms with E-state index >= 15 is 0 Å². The van der Waals surface area contributed by atoms with E-state index in [2.05, 4.69) is 12.2 Å². The molecule has 0 spiro atoms. The van der Waals surface area contributed by atoms with Crippen LogP contribution >= 0.6 is 11.8 Å². The van der Waals surface area contributed by atoms with Gasteiger partial charge in [0.1, 0.15) is 0 Å². The van der Waals surface area contributed by atoms with E-state index < -0.39 is 0 Å². The third kappa shape index (κ3) is 5.40. The monoisotopic (exact) mass is 251 g/mol. The molecule has 0 heterocycles. The molecule has 0 radical (unpaired) electrons. The van der Waals surface area contributed by atoms with Crippen molar-refractivity contribution in [2.24, 2.45) is 5.73 Å². The molecule has 1 aromatic carbocycles. The van der Waals surface area contributed by atoms with Gasteiger partial charge in [0.2, 0.25) is 5.91 Å². The van der Waals surface area contributed by atoms with Gasteiger partial charge in [-0.2, -0.15) is 0 Å². The number of anilines is 1. The third-order valence-corrected chi connectivity index (χ3v) is 2.85. The predicted octanol–water partition coefficient (Wildman–Crippen LogP) is 2.20. The van der Waals surface area contributed by atoms with Crippen LogP contribution in [0.4, 0.5) is 5.69 Å². The number of hydrogen-bond acceptors (Lipinski definition) is 3. The summed E-state index contributed by atoms with van der Waals surface area (Å²) in [5.74, 6) is 0.0277. The summed E-state index contributed by atoms with van der Waals surface area (Å²) in [6, 6.07) is 7.80. The Hall–Kier alpha value is -1.49. The van der Waals surface area contributed by atoms with Crippen LogP contribution in [0, 0.1) is 5.41 Å². The minimum atomic E-state index is -0.145. The number of nitrogens with two attached hydrogens (primary N) is 1. The first-order valence-electron chi connectivity index (χ1n) is 5.47. The number of rotatable bonds is 5. The number of hydrogen-bond donors (Lipinski definition) is 3. The molecule has 0 saturated heterocycles. The molecule has 92 valence electrons. The zero-order valence-electron chi connectivity index (χ0n) is 9.82. The van der Waals surface area contributed by atoms with E-state index in [9.17, 15) is 4.79 Å². The lowest BCUT2D eigenvalue weighted by atomic mass is 10.1. The average Bonchev–Trinajstić information content (AvgIpc) is 2.29. The van der Waals surface area contributed by atoms with Crippen molar-refractivity contribution < 1.29 is 4.79 Å². The summed E-state index contributed by atoms with van der Waals surface area (Å²) < 4.78 is 0. The van der Waals surface area contributed by atoms with Crippen molar-refractivity contribution in [2.45, 2.75) is 19.8 Å². The van der Waals surface area contributed by atoms with Gasteiger partial charge in [0.05, 0.1) is 5.75 Å². The summed E-state index contributed by atoms with van der Waals surface area (Å²) >= 11 is 1.02. The van der Waals surface area contributed by atoms with Crippen LogP contribution in [0.1, 0.15) is 18.9 Å².